The second-order valence-corrected chi connectivity index (χ2v) is 6.07. The highest BCUT2D eigenvalue weighted by Gasteiger charge is 2.35. The van der Waals surface area contributed by atoms with Gasteiger partial charge in [-0.05, 0) is 38.1 Å². The summed E-state index contributed by atoms with van der Waals surface area (Å²) in [6, 6.07) is 16.9. The number of para-hydroxylation sites is 2. The van der Waals surface area contributed by atoms with E-state index in [0.717, 1.165) is 27.7 Å². The molecule has 0 radical (unpaired) electrons. The van der Waals surface area contributed by atoms with Crippen molar-refractivity contribution >= 4 is 11.6 Å². The van der Waals surface area contributed by atoms with Gasteiger partial charge in [-0.25, -0.2) is 4.68 Å². The Kier molecular flexibility index (Phi) is 3.54. The van der Waals surface area contributed by atoms with Gasteiger partial charge in [0.25, 0.3) is 5.91 Å². The van der Waals surface area contributed by atoms with Gasteiger partial charge in [-0.15, -0.1) is 0 Å². The minimum Gasteiger partial charge on any atom is -0.359 e. The van der Waals surface area contributed by atoms with Crippen molar-refractivity contribution in [1.82, 2.24) is 14.8 Å². The standard InChI is InChI=1S/C19H18N4O2/c1-12-17(13(2)22(21-12)14-8-4-3-5-9-14)18-20-16-11-7-6-10-15(16)19(24)23(18)25/h3-11,18,20,25H,1-2H3. The van der Waals surface area contributed by atoms with Crippen LogP contribution in [0.2, 0.25) is 0 Å². The van der Waals surface area contributed by atoms with E-state index in [1.807, 2.05) is 61.0 Å². The molecule has 1 aliphatic rings. The van der Waals surface area contributed by atoms with Gasteiger partial charge in [0, 0.05) is 16.9 Å². The summed E-state index contributed by atoms with van der Waals surface area (Å²) in [5.41, 5.74) is 4.49. The molecule has 6 heteroatoms. The predicted molar refractivity (Wildman–Crippen MR) is 93.8 cm³/mol. The van der Waals surface area contributed by atoms with Crippen molar-refractivity contribution in [3.05, 3.63) is 77.1 Å². The predicted octanol–water partition coefficient (Wildman–Crippen LogP) is 3.44. The quantitative estimate of drug-likeness (QED) is 0.704. The zero-order valence-corrected chi connectivity index (χ0v) is 14.0. The van der Waals surface area contributed by atoms with Crippen LogP contribution >= 0.6 is 0 Å². The summed E-state index contributed by atoms with van der Waals surface area (Å²) in [6.45, 7) is 3.81. The molecule has 126 valence electrons. The number of anilines is 1. The van der Waals surface area contributed by atoms with E-state index < -0.39 is 12.1 Å². The monoisotopic (exact) mass is 334 g/mol. The lowest BCUT2D eigenvalue weighted by molar-refractivity contribution is -0.0853. The normalized spacial score (nSPS) is 16.5. The second-order valence-electron chi connectivity index (χ2n) is 6.07. The van der Waals surface area contributed by atoms with Crippen LogP contribution in [0.1, 0.15) is 33.5 Å². The summed E-state index contributed by atoms with van der Waals surface area (Å²) < 4.78 is 1.82. The van der Waals surface area contributed by atoms with Crippen LogP contribution in [0.5, 0.6) is 0 Å². The first-order chi connectivity index (χ1) is 12.1. The molecule has 0 spiro atoms. The lowest BCUT2D eigenvalue weighted by Crippen LogP contribution is -2.41. The van der Waals surface area contributed by atoms with Crippen LogP contribution in [-0.4, -0.2) is 26.0 Å². The molecule has 0 saturated carbocycles. The van der Waals surface area contributed by atoms with Crippen molar-refractivity contribution in [2.45, 2.75) is 20.0 Å². The number of rotatable bonds is 2. The maximum atomic E-state index is 12.5. The fourth-order valence-corrected chi connectivity index (χ4v) is 3.31. The Bertz CT molecular complexity index is 949. The van der Waals surface area contributed by atoms with E-state index >= 15 is 0 Å². The first kappa shape index (κ1) is 15.4. The Hall–Kier alpha value is -3.12. The minimum absolute atomic E-state index is 0.425. The molecule has 1 aliphatic heterocycles. The van der Waals surface area contributed by atoms with Crippen molar-refractivity contribution in [2.24, 2.45) is 0 Å². The first-order valence-electron chi connectivity index (χ1n) is 8.07. The molecule has 0 saturated heterocycles. The fraction of sp³-hybridized carbons (Fsp3) is 0.158. The molecule has 6 nitrogen and oxygen atoms in total. The number of hydroxylamine groups is 2. The Morgan fingerprint density at radius 1 is 1.04 bits per heavy atom. The molecule has 4 rings (SSSR count). The second kappa shape index (κ2) is 5.75. The molecule has 2 heterocycles. The van der Waals surface area contributed by atoms with Crippen LogP contribution in [-0.2, 0) is 0 Å². The average Bonchev–Trinajstić information content (AvgIpc) is 2.93. The van der Waals surface area contributed by atoms with Gasteiger partial charge in [0.15, 0.2) is 6.17 Å². The Labute approximate surface area is 145 Å². The lowest BCUT2D eigenvalue weighted by Gasteiger charge is -2.33. The number of hydrogen-bond donors (Lipinski definition) is 2. The van der Waals surface area contributed by atoms with Crippen molar-refractivity contribution < 1.29 is 10.0 Å². The van der Waals surface area contributed by atoms with Crippen molar-refractivity contribution in [1.29, 1.82) is 0 Å². The summed E-state index contributed by atoms with van der Waals surface area (Å²) in [5, 5.41) is 19.0. The first-order valence-corrected chi connectivity index (χ1v) is 8.07. The van der Waals surface area contributed by atoms with Crippen LogP contribution < -0.4 is 5.32 Å². The molecule has 1 aromatic heterocycles. The third kappa shape index (κ3) is 2.38. The minimum atomic E-state index is -0.681. The number of nitrogens with zero attached hydrogens (tertiary/aromatic N) is 3. The molecular weight excluding hydrogens is 316 g/mol. The largest absolute Gasteiger partial charge is 0.359 e. The maximum absolute atomic E-state index is 12.5. The van der Waals surface area contributed by atoms with Gasteiger partial charge >= 0.3 is 0 Å². The molecule has 2 N–H and O–H groups in total. The van der Waals surface area contributed by atoms with Gasteiger partial charge in [0.2, 0.25) is 0 Å². The van der Waals surface area contributed by atoms with E-state index in [2.05, 4.69) is 10.4 Å². The Morgan fingerprint density at radius 3 is 2.48 bits per heavy atom. The van der Waals surface area contributed by atoms with Gasteiger partial charge in [-0.2, -0.15) is 10.2 Å². The highest BCUT2D eigenvalue weighted by Crippen LogP contribution is 2.34. The van der Waals surface area contributed by atoms with E-state index in [4.69, 9.17) is 0 Å². The van der Waals surface area contributed by atoms with Crippen LogP contribution in [0.3, 0.4) is 0 Å². The molecule has 25 heavy (non-hydrogen) atoms. The number of nitrogens with one attached hydrogen (secondary N) is 1. The van der Waals surface area contributed by atoms with Gasteiger partial charge in [0.05, 0.1) is 16.9 Å². The molecule has 1 unspecified atom stereocenters. The Balaban J connectivity index is 1.81. The number of aromatic nitrogens is 2. The number of fused-ring (bicyclic) bond motifs is 1. The zero-order valence-electron chi connectivity index (χ0n) is 14.0. The summed E-state index contributed by atoms with van der Waals surface area (Å²) in [7, 11) is 0. The molecule has 0 fully saturated rings. The Morgan fingerprint density at radius 2 is 1.72 bits per heavy atom. The van der Waals surface area contributed by atoms with Gasteiger partial charge in [-0.3, -0.25) is 10.0 Å². The number of carbonyl (C=O) groups excluding carboxylic acids is 1. The molecule has 0 aliphatic carbocycles. The highest BCUT2D eigenvalue weighted by atomic mass is 16.5. The van der Waals surface area contributed by atoms with Crippen molar-refractivity contribution in [3.63, 3.8) is 0 Å². The van der Waals surface area contributed by atoms with E-state index in [-0.39, 0.29) is 0 Å². The highest BCUT2D eigenvalue weighted by molar-refractivity contribution is 6.01. The molecule has 1 atom stereocenters. The summed E-state index contributed by atoms with van der Waals surface area (Å²) in [6.07, 6.45) is -0.681. The molecule has 3 aromatic rings. The fourth-order valence-electron chi connectivity index (χ4n) is 3.31. The topological polar surface area (TPSA) is 70.4 Å². The lowest BCUT2D eigenvalue weighted by atomic mass is 10.0. The SMILES string of the molecule is Cc1nn(-c2ccccc2)c(C)c1C1Nc2ccccc2C(=O)N1O. The maximum Gasteiger partial charge on any atom is 0.281 e. The van der Waals surface area contributed by atoms with Crippen LogP contribution in [0.4, 0.5) is 5.69 Å². The van der Waals surface area contributed by atoms with Gasteiger partial charge < -0.3 is 5.32 Å². The third-order valence-corrected chi connectivity index (χ3v) is 4.52. The molecular formula is C19H18N4O2. The van der Waals surface area contributed by atoms with Crippen LogP contribution in [0.25, 0.3) is 5.69 Å². The number of aryl methyl sites for hydroxylation is 1. The van der Waals surface area contributed by atoms with Crippen LogP contribution in [0, 0.1) is 13.8 Å². The zero-order chi connectivity index (χ0) is 17.6. The third-order valence-electron chi connectivity index (χ3n) is 4.52. The van der Waals surface area contributed by atoms with E-state index in [1.165, 1.54) is 0 Å². The van der Waals surface area contributed by atoms with Crippen LogP contribution in [0.15, 0.2) is 54.6 Å². The van der Waals surface area contributed by atoms with Gasteiger partial charge in [0.1, 0.15) is 0 Å². The van der Waals surface area contributed by atoms with E-state index in [9.17, 15) is 10.0 Å². The van der Waals surface area contributed by atoms with E-state index in [1.54, 1.807) is 12.1 Å². The van der Waals surface area contributed by atoms with Crippen molar-refractivity contribution in [2.75, 3.05) is 5.32 Å². The van der Waals surface area contributed by atoms with Gasteiger partial charge in [-0.1, -0.05) is 30.3 Å². The number of amides is 1. The summed E-state index contributed by atoms with van der Waals surface area (Å²) in [4.78, 5) is 12.5. The molecule has 1 amide bonds. The summed E-state index contributed by atoms with van der Waals surface area (Å²) >= 11 is 0. The number of carbonyl (C=O) groups is 1. The number of benzene rings is 2. The summed E-state index contributed by atoms with van der Waals surface area (Å²) in [5.74, 6) is -0.425. The molecule has 2 aromatic carbocycles. The smallest absolute Gasteiger partial charge is 0.281 e. The number of hydrogen-bond acceptors (Lipinski definition) is 4. The van der Waals surface area contributed by atoms with Crippen molar-refractivity contribution in [3.8, 4) is 5.69 Å². The average molecular weight is 334 g/mol. The van der Waals surface area contributed by atoms with E-state index in [0.29, 0.717) is 11.3 Å². The molecule has 0 bridgehead atoms.